The van der Waals surface area contributed by atoms with Gasteiger partial charge in [0.15, 0.2) is 0 Å². The Hall–Kier alpha value is -1.82. The lowest BCUT2D eigenvalue weighted by Crippen LogP contribution is -2.28. The predicted molar refractivity (Wildman–Crippen MR) is 107 cm³/mol. The van der Waals surface area contributed by atoms with E-state index in [0.29, 0.717) is 10.6 Å². The number of unbranched alkanes of at least 4 members (excludes halogenated alkanes) is 1. The summed E-state index contributed by atoms with van der Waals surface area (Å²) in [5.41, 5.74) is 1.84. The fourth-order valence-corrected chi connectivity index (χ4v) is 5.31. The molecule has 0 bridgehead atoms. The van der Waals surface area contributed by atoms with Crippen LogP contribution in [0.25, 0.3) is 11.0 Å². The summed E-state index contributed by atoms with van der Waals surface area (Å²) in [5.74, 6) is 0.960. The number of hydrogen-bond acceptors (Lipinski definition) is 4. The molecule has 3 aromatic rings. The van der Waals surface area contributed by atoms with E-state index in [2.05, 4.69) is 12.2 Å². The van der Waals surface area contributed by atoms with Gasteiger partial charge in [-0.3, -0.25) is 0 Å². The van der Waals surface area contributed by atoms with Crippen molar-refractivity contribution in [3.8, 4) is 0 Å². The molecule has 1 atom stereocenters. The predicted octanol–water partition coefficient (Wildman–Crippen LogP) is 5.30. The van der Waals surface area contributed by atoms with E-state index < -0.39 is 9.84 Å². The van der Waals surface area contributed by atoms with Gasteiger partial charge in [-0.25, -0.2) is 8.42 Å². The van der Waals surface area contributed by atoms with Crippen LogP contribution in [0.1, 0.15) is 43.6 Å². The maximum atomic E-state index is 13.0. The van der Waals surface area contributed by atoms with Crippen LogP contribution in [-0.2, 0) is 16.3 Å². The number of nitrogens with one attached hydrogen (secondary N) is 1. The molecule has 2 heterocycles. The Kier molecular flexibility index (Phi) is 5.01. The summed E-state index contributed by atoms with van der Waals surface area (Å²) >= 11 is 5.97. The zero-order chi connectivity index (χ0) is 19.0. The number of sulfone groups is 1. The first-order valence-electron chi connectivity index (χ1n) is 9.30. The van der Waals surface area contributed by atoms with Crippen molar-refractivity contribution in [2.45, 2.75) is 48.4 Å². The summed E-state index contributed by atoms with van der Waals surface area (Å²) in [6, 6.07) is 11.7. The first-order valence-corrected chi connectivity index (χ1v) is 11.2. The van der Waals surface area contributed by atoms with E-state index in [1.807, 2.05) is 6.07 Å². The largest absolute Gasteiger partial charge is 0.459 e. The molecule has 2 aromatic carbocycles. The highest BCUT2D eigenvalue weighted by Crippen LogP contribution is 2.36. The average molecular weight is 404 g/mol. The molecule has 1 aromatic heterocycles. The quantitative estimate of drug-likeness (QED) is 0.628. The van der Waals surface area contributed by atoms with E-state index in [9.17, 15) is 8.42 Å². The second kappa shape index (κ2) is 7.30. The molecule has 4 rings (SSSR count). The van der Waals surface area contributed by atoms with Crippen LogP contribution in [0.2, 0.25) is 5.02 Å². The summed E-state index contributed by atoms with van der Waals surface area (Å²) in [6.07, 6.45) is 4.18. The summed E-state index contributed by atoms with van der Waals surface area (Å²) in [6.45, 7) is 3.09. The highest BCUT2D eigenvalue weighted by molar-refractivity contribution is 7.91. The molecule has 6 heteroatoms. The topological polar surface area (TPSA) is 59.3 Å². The molecule has 1 aliphatic rings. The first-order chi connectivity index (χ1) is 13.0. The number of furan rings is 1. The molecular weight excluding hydrogens is 382 g/mol. The minimum absolute atomic E-state index is 0.188. The molecule has 0 amide bonds. The van der Waals surface area contributed by atoms with Crippen LogP contribution in [0.5, 0.6) is 0 Å². The molecule has 1 N–H and O–H groups in total. The molecule has 142 valence electrons. The second-order valence-electron chi connectivity index (χ2n) is 6.96. The molecule has 0 radical (unpaired) electrons. The Morgan fingerprint density at radius 2 is 2.00 bits per heavy atom. The Bertz CT molecular complexity index is 1090. The van der Waals surface area contributed by atoms with Crippen molar-refractivity contribution in [3.63, 3.8) is 0 Å². The molecular formula is C21H22ClNO3S. The van der Waals surface area contributed by atoms with Gasteiger partial charge in [-0.15, -0.1) is 0 Å². The fraction of sp³-hybridized carbons (Fsp3) is 0.333. The molecule has 0 saturated heterocycles. The van der Waals surface area contributed by atoms with E-state index in [0.717, 1.165) is 43.4 Å². The van der Waals surface area contributed by atoms with E-state index >= 15 is 0 Å². The fourth-order valence-electron chi connectivity index (χ4n) is 3.73. The third kappa shape index (κ3) is 3.40. The van der Waals surface area contributed by atoms with E-state index in [1.165, 1.54) is 11.6 Å². The van der Waals surface area contributed by atoms with Crippen LogP contribution in [-0.4, -0.2) is 15.0 Å². The van der Waals surface area contributed by atoms with E-state index in [4.69, 9.17) is 16.0 Å². The summed E-state index contributed by atoms with van der Waals surface area (Å²) in [4.78, 5) is 0.412. The minimum atomic E-state index is -3.64. The van der Waals surface area contributed by atoms with Crippen molar-refractivity contribution in [3.05, 3.63) is 58.8 Å². The third-order valence-electron chi connectivity index (χ3n) is 5.14. The number of benzene rings is 2. The molecule has 0 aliphatic carbocycles. The van der Waals surface area contributed by atoms with Crippen molar-refractivity contribution in [2.24, 2.45) is 0 Å². The normalized spacial score (nSPS) is 17.2. The van der Waals surface area contributed by atoms with Crippen LogP contribution < -0.4 is 5.32 Å². The Morgan fingerprint density at radius 1 is 1.19 bits per heavy atom. The number of hydrogen-bond donors (Lipinski definition) is 1. The number of fused-ring (bicyclic) bond motifs is 3. The molecule has 0 fully saturated rings. The molecule has 1 aliphatic heterocycles. The lowest BCUT2D eigenvalue weighted by Gasteiger charge is -2.22. The van der Waals surface area contributed by atoms with Gasteiger partial charge < -0.3 is 9.73 Å². The average Bonchev–Trinajstić information content (AvgIpc) is 3.05. The van der Waals surface area contributed by atoms with Gasteiger partial charge in [0.25, 0.3) is 0 Å². The zero-order valence-corrected chi connectivity index (χ0v) is 16.7. The van der Waals surface area contributed by atoms with Gasteiger partial charge in [-0.1, -0.05) is 37.4 Å². The van der Waals surface area contributed by atoms with Crippen LogP contribution in [0.15, 0.2) is 56.7 Å². The Morgan fingerprint density at radius 3 is 2.78 bits per heavy atom. The minimum Gasteiger partial charge on any atom is -0.459 e. The smallest absolute Gasteiger partial charge is 0.206 e. The highest BCUT2D eigenvalue weighted by atomic mass is 35.5. The maximum absolute atomic E-state index is 13.0. The van der Waals surface area contributed by atoms with E-state index in [-0.39, 0.29) is 15.8 Å². The standard InChI is InChI=1S/C21H22ClNO3S/c1-2-3-7-19-21-18(10-11-23-19)17-9-8-16(13-20(17)26-21)27(24,25)15-6-4-5-14(22)12-15/h4-6,8-9,12-13,19,23H,2-3,7,10-11H2,1H3. The Labute approximate surface area is 164 Å². The number of rotatable bonds is 5. The lowest BCUT2D eigenvalue weighted by atomic mass is 9.96. The molecule has 0 spiro atoms. The molecule has 4 nitrogen and oxygen atoms in total. The van der Waals surface area contributed by atoms with Gasteiger partial charge in [0.1, 0.15) is 11.3 Å². The zero-order valence-electron chi connectivity index (χ0n) is 15.2. The summed E-state index contributed by atoms with van der Waals surface area (Å²) < 4.78 is 32.1. The SMILES string of the molecule is CCCCC1NCCc2c1oc1cc(S(=O)(=O)c3cccc(Cl)c3)ccc21. The summed E-state index contributed by atoms with van der Waals surface area (Å²) in [5, 5.41) is 4.93. The number of halogens is 1. The van der Waals surface area contributed by atoms with Crippen molar-refractivity contribution in [1.29, 1.82) is 0 Å². The van der Waals surface area contributed by atoms with Gasteiger partial charge in [0.2, 0.25) is 9.84 Å². The lowest BCUT2D eigenvalue weighted by molar-refractivity contribution is 0.380. The molecule has 27 heavy (non-hydrogen) atoms. The molecule has 1 unspecified atom stereocenters. The maximum Gasteiger partial charge on any atom is 0.206 e. The van der Waals surface area contributed by atoms with Gasteiger partial charge >= 0.3 is 0 Å². The Balaban J connectivity index is 1.77. The highest BCUT2D eigenvalue weighted by Gasteiger charge is 2.27. The first kappa shape index (κ1) is 18.5. The van der Waals surface area contributed by atoms with Crippen LogP contribution in [0.4, 0.5) is 0 Å². The van der Waals surface area contributed by atoms with Crippen molar-refractivity contribution in [1.82, 2.24) is 5.32 Å². The second-order valence-corrected chi connectivity index (χ2v) is 9.35. The van der Waals surface area contributed by atoms with Gasteiger partial charge in [0, 0.05) is 28.6 Å². The van der Waals surface area contributed by atoms with Gasteiger partial charge in [-0.2, -0.15) is 0 Å². The van der Waals surface area contributed by atoms with Crippen LogP contribution in [0, 0.1) is 0 Å². The van der Waals surface area contributed by atoms with Crippen LogP contribution in [0.3, 0.4) is 0 Å². The monoisotopic (exact) mass is 403 g/mol. The van der Waals surface area contributed by atoms with Gasteiger partial charge in [0.05, 0.1) is 15.8 Å². The molecule has 0 saturated carbocycles. The van der Waals surface area contributed by atoms with Crippen LogP contribution >= 0.6 is 11.6 Å². The third-order valence-corrected chi connectivity index (χ3v) is 7.12. The van der Waals surface area contributed by atoms with E-state index in [1.54, 1.807) is 30.3 Å². The van der Waals surface area contributed by atoms with Crippen molar-refractivity contribution >= 4 is 32.4 Å². The van der Waals surface area contributed by atoms with Crippen molar-refractivity contribution < 1.29 is 12.8 Å². The van der Waals surface area contributed by atoms with Crippen molar-refractivity contribution in [2.75, 3.05) is 6.54 Å². The summed E-state index contributed by atoms with van der Waals surface area (Å²) in [7, 11) is -3.64. The van der Waals surface area contributed by atoms with Gasteiger partial charge in [-0.05, 0) is 43.2 Å².